The van der Waals surface area contributed by atoms with E-state index in [1.807, 2.05) is 14.0 Å². The minimum absolute atomic E-state index is 0.219. The van der Waals surface area contributed by atoms with E-state index in [0.717, 1.165) is 23.7 Å². The number of ether oxygens (including phenoxy) is 1. The van der Waals surface area contributed by atoms with Gasteiger partial charge >= 0.3 is 0 Å². The molecule has 1 aromatic rings. The Morgan fingerprint density at radius 1 is 1.69 bits per heavy atom. The summed E-state index contributed by atoms with van der Waals surface area (Å²) in [4.78, 5) is 4.43. The Hall–Kier alpha value is -0.450. The molecule has 0 bridgehead atoms. The average Bonchev–Trinajstić information content (AvgIpc) is 2.71. The fourth-order valence-electron chi connectivity index (χ4n) is 1.52. The van der Waals surface area contributed by atoms with Gasteiger partial charge in [-0.2, -0.15) is 0 Å². The van der Waals surface area contributed by atoms with Gasteiger partial charge in [0.25, 0.3) is 0 Å². The lowest BCUT2D eigenvalue weighted by Gasteiger charge is -2.04. The van der Waals surface area contributed by atoms with Crippen molar-refractivity contribution in [2.24, 2.45) is 0 Å². The predicted octanol–water partition coefficient (Wildman–Crippen LogP) is 1.50. The highest BCUT2D eigenvalue weighted by atomic mass is 32.1. The summed E-state index contributed by atoms with van der Waals surface area (Å²) in [5.74, 6) is 0. The average molecular weight is 198 g/mol. The van der Waals surface area contributed by atoms with E-state index in [9.17, 15) is 0 Å². The van der Waals surface area contributed by atoms with Crippen molar-refractivity contribution < 1.29 is 4.74 Å². The number of aromatic nitrogens is 1. The van der Waals surface area contributed by atoms with E-state index in [2.05, 4.69) is 15.7 Å². The summed E-state index contributed by atoms with van der Waals surface area (Å²) < 4.78 is 5.64. The van der Waals surface area contributed by atoms with E-state index in [4.69, 9.17) is 4.74 Å². The van der Waals surface area contributed by atoms with Gasteiger partial charge < -0.3 is 10.1 Å². The Kier molecular flexibility index (Phi) is 2.62. The molecule has 2 unspecified atom stereocenters. The maximum atomic E-state index is 5.64. The monoisotopic (exact) mass is 198 g/mol. The zero-order chi connectivity index (χ0) is 9.26. The highest BCUT2D eigenvalue weighted by Crippen LogP contribution is 2.30. The molecule has 1 N–H and O–H groups in total. The Labute approximate surface area is 82.1 Å². The highest BCUT2D eigenvalue weighted by Gasteiger charge is 2.27. The molecule has 2 heterocycles. The fourth-order valence-corrected chi connectivity index (χ4v) is 2.38. The molecule has 2 rings (SSSR count). The molecular formula is C9H14N2OS. The first kappa shape index (κ1) is 9.12. The normalized spacial score (nSPS) is 28.2. The van der Waals surface area contributed by atoms with Crippen LogP contribution in [-0.4, -0.2) is 24.7 Å². The summed E-state index contributed by atoms with van der Waals surface area (Å²) in [6, 6.07) is 0.495. The first-order valence-corrected chi connectivity index (χ1v) is 5.38. The molecule has 0 saturated carbocycles. The lowest BCUT2D eigenvalue weighted by molar-refractivity contribution is 0.109. The highest BCUT2D eigenvalue weighted by molar-refractivity contribution is 7.09. The summed E-state index contributed by atoms with van der Waals surface area (Å²) in [6.07, 6.45) is 1.26. The Morgan fingerprint density at radius 2 is 2.54 bits per heavy atom. The van der Waals surface area contributed by atoms with Crippen molar-refractivity contribution in [1.82, 2.24) is 10.3 Å². The van der Waals surface area contributed by atoms with E-state index >= 15 is 0 Å². The SMILES string of the molecule is CNC1COC(c2nc(C)cs2)C1. The zero-order valence-electron chi connectivity index (χ0n) is 7.91. The minimum atomic E-state index is 0.219. The summed E-state index contributed by atoms with van der Waals surface area (Å²) in [5, 5.41) is 6.42. The van der Waals surface area contributed by atoms with Crippen LogP contribution in [0.1, 0.15) is 23.2 Å². The summed E-state index contributed by atoms with van der Waals surface area (Å²) in [6.45, 7) is 2.82. The summed E-state index contributed by atoms with van der Waals surface area (Å²) in [5.41, 5.74) is 1.09. The van der Waals surface area contributed by atoms with Gasteiger partial charge in [0, 0.05) is 17.1 Å². The van der Waals surface area contributed by atoms with Crippen LogP contribution in [0.5, 0.6) is 0 Å². The lowest BCUT2D eigenvalue weighted by atomic mass is 10.2. The molecule has 1 fully saturated rings. The molecule has 1 aliphatic rings. The van der Waals surface area contributed by atoms with Crippen LogP contribution in [0.15, 0.2) is 5.38 Å². The van der Waals surface area contributed by atoms with Gasteiger partial charge in [0.2, 0.25) is 0 Å². The maximum absolute atomic E-state index is 5.64. The summed E-state index contributed by atoms with van der Waals surface area (Å²) >= 11 is 1.70. The van der Waals surface area contributed by atoms with Gasteiger partial charge in [-0.1, -0.05) is 0 Å². The number of nitrogens with zero attached hydrogens (tertiary/aromatic N) is 1. The number of hydrogen-bond donors (Lipinski definition) is 1. The second-order valence-corrected chi connectivity index (χ2v) is 4.26. The van der Waals surface area contributed by atoms with E-state index in [1.54, 1.807) is 11.3 Å². The lowest BCUT2D eigenvalue weighted by Crippen LogP contribution is -2.24. The molecule has 0 amide bonds. The third kappa shape index (κ3) is 1.90. The van der Waals surface area contributed by atoms with Crippen molar-refractivity contribution in [1.29, 1.82) is 0 Å². The van der Waals surface area contributed by atoms with Crippen LogP contribution in [-0.2, 0) is 4.74 Å². The van der Waals surface area contributed by atoms with Gasteiger partial charge in [0.1, 0.15) is 11.1 Å². The molecule has 1 saturated heterocycles. The van der Waals surface area contributed by atoms with Gasteiger partial charge in [-0.3, -0.25) is 0 Å². The smallest absolute Gasteiger partial charge is 0.122 e. The first-order chi connectivity index (χ1) is 6.29. The molecule has 1 aromatic heterocycles. The van der Waals surface area contributed by atoms with E-state index in [1.165, 1.54) is 0 Å². The molecule has 0 spiro atoms. The van der Waals surface area contributed by atoms with Crippen molar-refractivity contribution in [3.63, 3.8) is 0 Å². The zero-order valence-corrected chi connectivity index (χ0v) is 8.73. The number of hydrogen-bond acceptors (Lipinski definition) is 4. The van der Waals surface area contributed by atoms with Crippen molar-refractivity contribution in [3.05, 3.63) is 16.1 Å². The molecule has 0 radical (unpaired) electrons. The fraction of sp³-hybridized carbons (Fsp3) is 0.667. The molecule has 4 heteroatoms. The van der Waals surface area contributed by atoms with Gasteiger partial charge in [-0.15, -0.1) is 11.3 Å². The number of thiazole rings is 1. The third-order valence-electron chi connectivity index (χ3n) is 2.32. The van der Waals surface area contributed by atoms with Crippen LogP contribution >= 0.6 is 11.3 Å². The van der Waals surface area contributed by atoms with Crippen molar-refractivity contribution in [2.75, 3.05) is 13.7 Å². The summed E-state index contributed by atoms with van der Waals surface area (Å²) in [7, 11) is 1.98. The molecule has 1 aliphatic heterocycles. The third-order valence-corrected chi connectivity index (χ3v) is 3.37. The van der Waals surface area contributed by atoms with Gasteiger partial charge in [0.15, 0.2) is 0 Å². The van der Waals surface area contributed by atoms with Crippen LogP contribution in [0.3, 0.4) is 0 Å². The van der Waals surface area contributed by atoms with Crippen molar-refractivity contribution in [3.8, 4) is 0 Å². The molecule has 13 heavy (non-hydrogen) atoms. The van der Waals surface area contributed by atoms with Crippen LogP contribution in [0.2, 0.25) is 0 Å². The first-order valence-electron chi connectivity index (χ1n) is 4.50. The van der Waals surface area contributed by atoms with Crippen LogP contribution < -0.4 is 5.32 Å². The van der Waals surface area contributed by atoms with Gasteiger partial charge in [-0.25, -0.2) is 4.98 Å². The molecule has 3 nitrogen and oxygen atoms in total. The van der Waals surface area contributed by atoms with Crippen molar-refractivity contribution >= 4 is 11.3 Å². The molecule has 0 aliphatic carbocycles. The maximum Gasteiger partial charge on any atom is 0.122 e. The standard InChI is InChI=1S/C9H14N2OS/c1-6-5-13-9(11-6)8-3-7(10-2)4-12-8/h5,7-8,10H,3-4H2,1-2H3. The van der Waals surface area contributed by atoms with Gasteiger partial charge in [-0.05, 0) is 20.4 Å². The number of rotatable bonds is 2. The second kappa shape index (κ2) is 3.74. The minimum Gasteiger partial charge on any atom is -0.369 e. The number of likely N-dealkylation sites (N-methyl/N-ethyl adjacent to an activating group) is 1. The predicted molar refractivity (Wildman–Crippen MR) is 53.0 cm³/mol. The Morgan fingerprint density at radius 3 is 3.08 bits per heavy atom. The number of aryl methyl sites for hydroxylation is 1. The Bertz CT molecular complexity index is 287. The molecule has 0 aromatic carbocycles. The largest absolute Gasteiger partial charge is 0.369 e. The molecular weight excluding hydrogens is 184 g/mol. The van der Waals surface area contributed by atoms with Crippen molar-refractivity contribution in [2.45, 2.75) is 25.5 Å². The van der Waals surface area contributed by atoms with Crippen LogP contribution in [0, 0.1) is 6.92 Å². The van der Waals surface area contributed by atoms with Gasteiger partial charge in [0.05, 0.1) is 6.61 Å². The van der Waals surface area contributed by atoms with E-state index in [0.29, 0.717) is 6.04 Å². The Balaban J connectivity index is 2.03. The van der Waals surface area contributed by atoms with E-state index < -0.39 is 0 Å². The van der Waals surface area contributed by atoms with Crippen LogP contribution in [0.4, 0.5) is 0 Å². The second-order valence-electron chi connectivity index (χ2n) is 3.37. The van der Waals surface area contributed by atoms with Crippen LogP contribution in [0.25, 0.3) is 0 Å². The van der Waals surface area contributed by atoms with E-state index in [-0.39, 0.29) is 6.10 Å². The number of nitrogens with one attached hydrogen (secondary N) is 1. The molecule has 2 atom stereocenters. The topological polar surface area (TPSA) is 34.1 Å². The molecule has 72 valence electrons. The quantitative estimate of drug-likeness (QED) is 0.782.